The van der Waals surface area contributed by atoms with Crippen molar-refractivity contribution in [1.29, 1.82) is 0 Å². The van der Waals surface area contributed by atoms with E-state index in [0.29, 0.717) is 12.6 Å². The van der Waals surface area contributed by atoms with Gasteiger partial charge in [-0.15, -0.1) is 0 Å². The molecule has 38 heavy (non-hydrogen) atoms. The highest BCUT2D eigenvalue weighted by Crippen LogP contribution is 2.36. The Morgan fingerprint density at radius 3 is 2.58 bits per heavy atom. The number of hydrogen-bond acceptors (Lipinski definition) is 5. The van der Waals surface area contributed by atoms with E-state index in [1.54, 1.807) is 12.4 Å². The predicted octanol–water partition coefficient (Wildman–Crippen LogP) is 5.62. The number of amides is 1. The number of nitrogens with zero attached hydrogens (tertiary/aromatic N) is 5. The Labute approximate surface area is 223 Å². The van der Waals surface area contributed by atoms with Gasteiger partial charge in [-0.1, -0.05) is 36.4 Å². The molecule has 1 saturated heterocycles. The van der Waals surface area contributed by atoms with Crippen LogP contribution in [0.15, 0.2) is 79.3 Å². The molecule has 1 saturated carbocycles. The number of para-hydroxylation sites is 1. The summed E-state index contributed by atoms with van der Waals surface area (Å²) in [6.07, 6.45) is 11.0. The average Bonchev–Trinajstić information content (AvgIpc) is 3.54. The first-order valence-electron chi connectivity index (χ1n) is 13.4. The summed E-state index contributed by atoms with van der Waals surface area (Å²) in [7, 11) is 2.13. The minimum atomic E-state index is 0.0909. The van der Waals surface area contributed by atoms with Crippen molar-refractivity contribution in [2.75, 3.05) is 26.7 Å². The van der Waals surface area contributed by atoms with Crippen molar-refractivity contribution >= 4 is 16.9 Å². The quantitative estimate of drug-likeness (QED) is 0.290. The van der Waals surface area contributed by atoms with Crippen LogP contribution < -0.4 is 4.74 Å². The van der Waals surface area contributed by atoms with Crippen molar-refractivity contribution in [3.8, 4) is 22.6 Å². The maximum Gasteiger partial charge on any atom is 0.246 e. The number of benzene rings is 2. The number of likely N-dealkylation sites (N-methyl/N-ethyl adjacent to an activating group) is 1. The third kappa shape index (κ3) is 5.07. The second-order valence-electron chi connectivity index (χ2n) is 10.3. The zero-order valence-corrected chi connectivity index (χ0v) is 22.0. The number of fused-ring (bicyclic) bond motifs is 1. The summed E-state index contributed by atoms with van der Waals surface area (Å²) >= 11 is 0. The first kappa shape index (κ1) is 24.4. The fraction of sp³-hybridized carbons (Fsp3) is 0.323. The van der Waals surface area contributed by atoms with Gasteiger partial charge in [-0.2, -0.15) is 0 Å². The molecule has 2 aromatic heterocycles. The Balaban J connectivity index is 1.21. The second kappa shape index (κ2) is 10.4. The Kier molecular flexibility index (Phi) is 6.68. The lowest BCUT2D eigenvalue weighted by Crippen LogP contribution is -2.28. The van der Waals surface area contributed by atoms with E-state index < -0.39 is 0 Å². The smallest absolute Gasteiger partial charge is 0.246 e. The first-order chi connectivity index (χ1) is 18.6. The number of hydrogen-bond donors (Lipinski definition) is 0. The van der Waals surface area contributed by atoms with Crippen LogP contribution in [0.25, 0.3) is 22.2 Å². The van der Waals surface area contributed by atoms with Crippen molar-refractivity contribution in [1.82, 2.24) is 24.3 Å². The number of likely N-dealkylation sites (tertiary alicyclic amines) is 1. The number of aryl methyl sites for hydroxylation is 1. The summed E-state index contributed by atoms with van der Waals surface area (Å²) in [5.74, 6) is 1.69. The van der Waals surface area contributed by atoms with Crippen LogP contribution in [0.5, 0.6) is 11.5 Å². The van der Waals surface area contributed by atoms with Crippen LogP contribution in [-0.2, 0) is 4.79 Å². The average molecular weight is 508 g/mol. The zero-order chi connectivity index (χ0) is 26.1. The molecule has 1 aliphatic heterocycles. The van der Waals surface area contributed by atoms with Crippen LogP contribution in [0.4, 0.5) is 0 Å². The van der Waals surface area contributed by atoms with Crippen LogP contribution >= 0.6 is 0 Å². The van der Waals surface area contributed by atoms with E-state index in [1.165, 1.54) is 12.8 Å². The molecule has 0 N–H and O–H groups in total. The SMILES string of the molecule is Cc1ncnc2c1c(-c1ccc(Oc3ccccc3)cc1)cn2[C@@H]1CCN(C(=O)/C=C/CN(C)C2CC2)C1. The van der Waals surface area contributed by atoms with E-state index in [2.05, 4.69) is 44.8 Å². The molecule has 1 atom stereocenters. The Morgan fingerprint density at radius 1 is 1.05 bits per heavy atom. The van der Waals surface area contributed by atoms with Gasteiger partial charge in [0.25, 0.3) is 0 Å². The summed E-state index contributed by atoms with van der Waals surface area (Å²) in [6.45, 7) is 4.28. The van der Waals surface area contributed by atoms with Crippen molar-refractivity contribution in [2.45, 2.75) is 38.3 Å². The van der Waals surface area contributed by atoms with E-state index in [9.17, 15) is 4.79 Å². The topological polar surface area (TPSA) is 63.5 Å². The monoisotopic (exact) mass is 507 g/mol. The number of aromatic nitrogens is 3. The Hall–Kier alpha value is -3.97. The molecule has 3 heterocycles. The third-order valence-electron chi connectivity index (χ3n) is 7.64. The van der Waals surface area contributed by atoms with Crippen LogP contribution in [0.3, 0.4) is 0 Å². The van der Waals surface area contributed by atoms with Gasteiger partial charge in [0.05, 0.1) is 11.7 Å². The maximum absolute atomic E-state index is 12.9. The van der Waals surface area contributed by atoms with Gasteiger partial charge in [-0.05, 0) is 63.1 Å². The van der Waals surface area contributed by atoms with E-state index in [4.69, 9.17) is 4.74 Å². The molecule has 0 bridgehead atoms. The van der Waals surface area contributed by atoms with E-state index >= 15 is 0 Å². The van der Waals surface area contributed by atoms with Crippen molar-refractivity contribution in [3.05, 3.63) is 85.0 Å². The zero-order valence-electron chi connectivity index (χ0n) is 22.0. The molecule has 0 spiro atoms. The first-order valence-corrected chi connectivity index (χ1v) is 13.4. The van der Waals surface area contributed by atoms with Gasteiger partial charge in [0.15, 0.2) is 0 Å². The molecular weight excluding hydrogens is 474 g/mol. The van der Waals surface area contributed by atoms with Gasteiger partial charge in [0, 0.05) is 48.9 Å². The second-order valence-corrected chi connectivity index (χ2v) is 10.3. The third-order valence-corrected chi connectivity index (χ3v) is 7.64. The van der Waals surface area contributed by atoms with E-state index in [1.807, 2.05) is 60.4 Å². The summed E-state index contributed by atoms with van der Waals surface area (Å²) in [5.41, 5.74) is 4.04. The van der Waals surface area contributed by atoms with Crippen LogP contribution in [-0.4, -0.2) is 63.0 Å². The molecule has 7 nitrogen and oxygen atoms in total. The molecule has 0 unspecified atom stereocenters. The lowest BCUT2D eigenvalue weighted by Gasteiger charge is -2.16. The largest absolute Gasteiger partial charge is 0.457 e. The summed E-state index contributed by atoms with van der Waals surface area (Å²) in [6, 6.07) is 18.8. The lowest BCUT2D eigenvalue weighted by atomic mass is 10.1. The summed E-state index contributed by atoms with van der Waals surface area (Å²) in [5, 5.41) is 1.05. The van der Waals surface area contributed by atoms with Crippen molar-refractivity contribution in [3.63, 3.8) is 0 Å². The number of rotatable bonds is 8. The summed E-state index contributed by atoms with van der Waals surface area (Å²) < 4.78 is 8.22. The van der Waals surface area contributed by atoms with Crippen molar-refractivity contribution in [2.24, 2.45) is 0 Å². The molecule has 1 amide bonds. The summed E-state index contributed by atoms with van der Waals surface area (Å²) in [4.78, 5) is 26.3. The molecule has 2 fully saturated rings. The van der Waals surface area contributed by atoms with E-state index in [-0.39, 0.29) is 11.9 Å². The predicted molar refractivity (Wildman–Crippen MR) is 149 cm³/mol. The van der Waals surface area contributed by atoms with Crippen LogP contribution in [0.2, 0.25) is 0 Å². The van der Waals surface area contributed by atoms with Gasteiger partial charge in [0.2, 0.25) is 5.91 Å². The Morgan fingerprint density at radius 2 is 1.82 bits per heavy atom. The Bertz CT molecular complexity index is 1460. The van der Waals surface area contributed by atoms with Crippen molar-refractivity contribution < 1.29 is 9.53 Å². The molecule has 1 aliphatic carbocycles. The highest BCUT2D eigenvalue weighted by molar-refractivity contribution is 5.96. The lowest BCUT2D eigenvalue weighted by molar-refractivity contribution is -0.125. The van der Waals surface area contributed by atoms with Gasteiger partial charge in [0.1, 0.15) is 23.5 Å². The normalized spacial score (nSPS) is 17.7. The molecule has 2 aliphatic rings. The molecular formula is C31H33N5O2. The highest BCUT2D eigenvalue weighted by atomic mass is 16.5. The van der Waals surface area contributed by atoms with Gasteiger partial charge in [-0.25, -0.2) is 9.97 Å². The van der Waals surface area contributed by atoms with E-state index in [0.717, 1.165) is 58.9 Å². The fourth-order valence-electron chi connectivity index (χ4n) is 5.32. The molecule has 6 rings (SSSR count). The minimum absolute atomic E-state index is 0.0909. The number of ether oxygens (including phenoxy) is 1. The van der Waals surface area contributed by atoms with Crippen LogP contribution in [0.1, 0.15) is 31.0 Å². The number of carbonyl (C=O) groups is 1. The van der Waals surface area contributed by atoms with Gasteiger partial charge >= 0.3 is 0 Å². The molecule has 4 aromatic rings. The minimum Gasteiger partial charge on any atom is -0.457 e. The molecule has 194 valence electrons. The molecule has 0 radical (unpaired) electrons. The molecule has 2 aromatic carbocycles. The van der Waals surface area contributed by atoms with Crippen LogP contribution in [0, 0.1) is 6.92 Å². The highest BCUT2D eigenvalue weighted by Gasteiger charge is 2.29. The van der Waals surface area contributed by atoms with Gasteiger partial charge < -0.3 is 14.2 Å². The van der Waals surface area contributed by atoms with Gasteiger partial charge in [-0.3, -0.25) is 9.69 Å². The standard InChI is InChI=1S/C31H33N5O2/c1-22-30-28(23-10-14-27(15-11-23)38-26-7-4-3-5-8-26)20-36(31(30)33-21-32-22)25-16-18-35(19-25)29(37)9-6-17-34(2)24-12-13-24/h3-11,14-15,20-21,24-25H,12-13,16-19H2,1-2H3/b9-6+/t25-/m1/s1. The number of carbonyl (C=O) groups excluding carboxylic acids is 1. The maximum atomic E-state index is 12.9. The molecule has 7 heteroatoms. The fourth-order valence-corrected chi connectivity index (χ4v) is 5.32.